The molecule has 0 fully saturated rings. The number of ether oxygens (including phenoxy) is 1. The molecule has 128 valence electrons. The zero-order valence-electron chi connectivity index (χ0n) is 14.0. The molecule has 2 N–H and O–H groups in total. The topological polar surface area (TPSA) is 67.4 Å². The highest BCUT2D eigenvalue weighted by atomic mass is 16.5. The zero-order valence-corrected chi connectivity index (χ0v) is 14.0. The first kappa shape index (κ1) is 18.1. The van der Waals surface area contributed by atoms with E-state index in [0.29, 0.717) is 17.9 Å². The van der Waals surface area contributed by atoms with Crippen LogP contribution in [0.5, 0.6) is 5.75 Å². The van der Waals surface area contributed by atoms with E-state index in [2.05, 4.69) is 22.5 Å². The van der Waals surface area contributed by atoms with E-state index in [0.717, 1.165) is 5.56 Å². The molecule has 5 heteroatoms. The van der Waals surface area contributed by atoms with Gasteiger partial charge in [0.15, 0.2) is 0 Å². The Kier molecular flexibility index (Phi) is 7.08. The average Bonchev–Trinajstić information content (AvgIpc) is 2.65. The fraction of sp³-hybridized carbons (Fsp3) is 0.200. The Labute approximate surface area is 147 Å². The standard InChI is InChI=1S/C20H20N2O3/c1-2-25-18-13-7-6-12-17(18)20(24)22-15-19(23)21-14-8-11-16-9-4-3-5-10-16/h3-7,9-10,12-13H,2,14-15H2,1H3,(H,21,23)(H,22,24). The fourth-order valence-corrected chi connectivity index (χ4v) is 2.06. The normalized spacial score (nSPS) is 9.48. The van der Waals surface area contributed by atoms with Gasteiger partial charge in [0.25, 0.3) is 5.91 Å². The molecule has 0 saturated heterocycles. The van der Waals surface area contributed by atoms with Crippen molar-refractivity contribution < 1.29 is 14.3 Å². The first-order valence-corrected chi connectivity index (χ1v) is 8.01. The summed E-state index contributed by atoms with van der Waals surface area (Å²) in [6.07, 6.45) is 0. The molecule has 5 nitrogen and oxygen atoms in total. The Morgan fingerprint density at radius 1 is 1.00 bits per heavy atom. The van der Waals surface area contributed by atoms with Crippen LogP contribution in [0.4, 0.5) is 0 Å². The third-order valence-electron chi connectivity index (χ3n) is 3.22. The van der Waals surface area contributed by atoms with Crippen molar-refractivity contribution in [1.82, 2.24) is 10.6 Å². The molecular weight excluding hydrogens is 316 g/mol. The summed E-state index contributed by atoms with van der Waals surface area (Å²) in [5.41, 5.74) is 1.29. The Morgan fingerprint density at radius 2 is 1.72 bits per heavy atom. The maximum Gasteiger partial charge on any atom is 0.255 e. The van der Waals surface area contributed by atoms with E-state index >= 15 is 0 Å². The van der Waals surface area contributed by atoms with E-state index in [9.17, 15) is 9.59 Å². The van der Waals surface area contributed by atoms with E-state index in [-0.39, 0.29) is 24.9 Å². The van der Waals surface area contributed by atoms with Gasteiger partial charge in [0, 0.05) is 5.56 Å². The van der Waals surface area contributed by atoms with E-state index < -0.39 is 0 Å². The summed E-state index contributed by atoms with van der Waals surface area (Å²) in [7, 11) is 0. The van der Waals surface area contributed by atoms with Crippen LogP contribution in [0.25, 0.3) is 0 Å². The third-order valence-corrected chi connectivity index (χ3v) is 3.22. The highest BCUT2D eigenvalue weighted by molar-refractivity contribution is 5.98. The molecule has 0 heterocycles. The van der Waals surface area contributed by atoms with Gasteiger partial charge in [-0.1, -0.05) is 42.2 Å². The molecule has 0 radical (unpaired) electrons. The molecular formula is C20H20N2O3. The van der Waals surface area contributed by atoms with Gasteiger partial charge >= 0.3 is 0 Å². The molecule has 0 aliphatic rings. The summed E-state index contributed by atoms with van der Waals surface area (Å²) in [5.74, 6) is 5.65. The second-order valence-corrected chi connectivity index (χ2v) is 5.06. The smallest absolute Gasteiger partial charge is 0.255 e. The highest BCUT2D eigenvalue weighted by Gasteiger charge is 2.12. The number of hydrogen-bond donors (Lipinski definition) is 2. The van der Waals surface area contributed by atoms with E-state index in [4.69, 9.17) is 4.74 Å². The minimum atomic E-state index is -0.352. The first-order chi connectivity index (χ1) is 12.2. The van der Waals surface area contributed by atoms with Gasteiger partial charge < -0.3 is 15.4 Å². The van der Waals surface area contributed by atoms with Crippen LogP contribution in [-0.4, -0.2) is 31.5 Å². The molecule has 0 atom stereocenters. The molecule has 2 rings (SSSR count). The number of rotatable bonds is 6. The summed E-state index contributed by atoms with van der Waals surface area (Å²) in [4.78, 5) is 23.9. The van der Waals surface area contributed by atoms with Gasteiger partial charge in [-0.3, -0.25) is 9.59 Å². The number of amides is 2. The van der Waals surface area contributed by atoms with Crippen LogP contribution in [0.2, 0.25) is 0 Å². The molecule has 0 saturated carbocycles. The van der Waals surface area contributed by atoms with Crippen LogP contribution in [0.1, 0.15) is 22.8 Å². The van der Waals surface area contributed by atoms with Crippen LogP contribution in [0.3, 0.4) is 0 Å². The molecule has 0 aliphatic heterocycles. The molecule has 0 unspecified atom stereocenters. The quantitative estimate of drug-likeness (QED) is 0.793. The Hall–Kier alpha value is -3.26. The number of carbonyl (C=O) groups excluding carboxylic acids is 2. The molecule has 2 aromatic carbocycles. The summed E-state index contributed by atoms with van der Waals surface area (Å²) in [6.45, 7) is 2.41. The van der Waals surface area contributed by atoms with Crippen molar-refractivity contribution >= 4 is 11.8 Å². The van der Waals surface area contributed by atoms with Crippen molar-refractivity contribution in [1.29, 1.82) is 0 Å². The molecule has 0 aromatic heterocycles. The van der Waals surface area contributed by atoms with Gasteiger partial charge in [0.2, 0.25) is 5.91 Å². The van der Waals surface area contributed by atoms with Crippen LogP contribution in [-0.2, 0) is 4.79 Å². The van der Waals surface area contributed by atoms with E-state index in [1.165, 1.54) is 0 Å². The maximum absolute atomic E-state index is 12.2. The van der Waals surface area contributed by atoms with Crippen LogP contribution < -0.4 is 15.4 Å². The Morgan fingerprint density at radius 3 is 2.48 bits per heavy atom. The molecule has 2 aromatic rings. The molecule has 25 heavy (non-hydrogen) atoms. The van der Waals surface area contributed by atoms with Crippen LogP contribution >= 0.6 is 0 Å². The zero-order chi connectivity index (χ0) is 17.9. The van der Waals surface area contributed by atoms with Crippen molar-refractivity contribution in [2.24, 2.45) is 0 Å². The molecule has 0 spiro atoms. The summed E-state index contributed by atoms with van der Waals surface area (Å²) in [6, 6.07) is 16.4. The lowest BCUT2D eigenvalue weighted by Gasteiger charge is -2.10. The maximum atomic E-state index is 12.2. The number of carbonyl (C=O) groups is 2. The summed E-state index contributed by atoms with van der Waals surface area (Å²) < 4.78 is 5.41. The van der Waals surface area contributed by atoms with Crippen molar-refractivity contribution in [3.8, 4) is 17.6 Å². The van der Waals surface area contributed by atoms with Crippen molar-refractivity contribution in [3.63, 3.8) is 0 Å². The molecule has 0 aliphatic carbocycles. The third kappa shape index (κ3) is 6.04. The SMILES string of the molecule is CCOc1ccccc1C(=O)NCC(=O)NCC#Cc1ccccc1. The predicted molar refractivity (Wildman–Crippen MR) is 96.3 cm³/mol. The molecule has 0 bridgehead atoms. The lowest BCUT2D eigenvalue weighted by molar-refractivity contribution is -0.119. The second-order valence-electron chi connectivity index (χ2n) is 5.06. The largest absolute Gasteiger partial charge is 0.493 e. The van der Waals surface area contributed by atoms with Crippen molar-refractivity contribution in [3.05, 3.63) is 65.7 Å². The van der Waals surface area contributed by atoms with Crippen LogP contribution in [0, 0.1) is 11.8 Å². The van der Waals surface area contributed by atoms with Gasteiger partial charge in [0.05, 0.1) is 25.3 Å². The van der Waals surface area contributed by atoms with Crippen LogP contribution in [0.15, 0.2) is 54.6 Å². The Bertz CT molecular complexity index is 776. The average molecular weight is 336 g/mol. The first-order valence-electron chi connectivity index (χ1n) is 8.01. The van der Waals surface area contributed by atoms with Gasteiger partial charge in [-0.15, -0.1) is 0 Å². The van der Waals surface area contributed by atoms with Gasteiger partial charge in [-0.05, 0) is 31.2 Å². The number of hydrogen-bond acceptors (Lipinski definition) is 3. The number of para-hydroxylation sites is 1. The van der Waals surface area contributed by atoms with E-state index in [1.807, 2.05) is 37.3 Å². The van der Waals surface area contributed by atoms with Gasteiger partial charge in [-0.2, -0.15) is 0 Å². The predicted octanol–water partition coefficient (Wildman–Crippen LogP) is 1.98. The summed E-state index contributed by atoms with van der Waals surface area (Å²) in [5, 5.41) is 5.22. The van der Waals surface area contributed by atoms with Crippen molar-refractivity contribution in [2.45, 2.75) is 6.92 Å². The van der Waals surface area contributed by atoms with Gasteiger partial charge in [0.1, 0.15) is 5.75 Å². The minimum absolute atomic E-state index is 0.119. The number of benzene rings is 2. The molecule has 2 amide bonds. The summed E-state index contributed by atoms with van der Waals surface area (Å²) >= 11 is 0. The van der Waals surface area contributed by atoms with Crippen molar-refractivity contribution in [2.75, 3.05) is 19.7 Å². The van der Waals surface area contributed by atoms with E-state index in [1.54, 1.807) is 24.3 Å². The highest BCUT2D eigenvalue weighted by Crippen LogP contribution is 2.17. The lowest BCUT2D eigenvalue weighted by Crippen LogP contribution is -2.37. The second kappa shape index (κ2) is 9.78. The fourth-order valence-electron chi connectivity index (χ4n) is 2.06. The van der Waals surface area contributed by atoms with Gasteiger partial charge in [-0.25, -0.2) is 0 Å². The Balaban J connectivity index is 1.78. The minimum Gasteiger partial charge on any atom is -0.493 e. The number of nitrogens with one attached hydrogen (secondary N) is 2. The monoisotopic (exact) mass is 336 g/mol. The lowest BCUT2D eigenvalue weighted by atomic mass is 10.2.